The fourth-order valence-corrected chi connectivity index (χ4v) is 2.06. The number of nitrogens with zero attached hydrogens (tertiary/aromatic N) is 3. The normalized spacial score (nSPS) is 12.6. The fraction of sp³-hybridized carbons (Fsp3) is 0.364. The molecule has 90 valence electrons. The number of hydrogen-bond donors (Lipinski definition) is 2. The number of aromatic nitrogens is 4. The van der Waals surface area contributed by atoms with Crippen molar-refractivity contribution in [1.82, 2.24) is 20.2 Å². The molecule has 5 nitrogen and oxygen atoms in total. The molecule has 2 aromatic rings. The minimum Gasteiger partial charge on any atom is -0.387 e. The van der Waals surface area contributed by atoms with E-state index in [-0.39, 0.29) is 0 Å². The lowest BCUT2D eigenvalue weighted by molar-refractivity contribution is 0.169. The number of hydrogen-bond acceptors (Lipinski definition) is 5. The monoisotopic (exact) mass is 250 g/mol. The largest absolute Gasteiger partial charge is 0.387 e. The summed E-state index contributed by atoms with van der Waals surface area (Å²) in [6.45, 7) is 3.78. The summed E-state index contributed by atoms with van der Waals surface area (Å²) in [5.74, 6) is 0.790. The third-order valence-corrected chi connectivity index (χ3v) is 3.12. The molecule has 2 N–H and O–H groups in total. The van der Waals surface area contributed by atoms with Crippen molar-refractivity contribution in [3.8, 4) is 0 Å². The van der Waals surface area contributed by atoms with E-state index in [0.717, 1.165) is 10.7 Å². The average Bonchev–Trinajstić information content (AvgIpc) is 2.75. The van der Waals surface area contributed by atoms with Gasteiger partial charge in [0.25, 0.3) is 0 Å². The highest BCUT2D eigenvalue weighted by Crippen LogP contribution is 2.24. The zero-order valence-corrected chi connectivity index (χ0v) is 10.5. The maximum Gasteiger partial charge on any atom is 0.213 e. The van der Waals surface area contributed by atoms with Gasteiger partial charge in [-0.05, 0) is 37.2 Å². The van der Waals surface area contributed by atoms with Crippen LogP contribution >= 0.6 is 11.8 Å². The Bertz CT molecular complexity index is 482. The van der Waals surface area contributed by atoms with Crippen molar-refractivity contribution in [1.29, 1.82) is 0 Å². The van der Waals surface area contributed by atoms with Gasteiger partial charge in [0.2, 0.25) is 5.16 Å². The first kappa shape index (κ1) is 12.1. The van der Waals surface area contributed by atoms with Gasteiger partial charge in [-0.3, -0.25) is 10.1 Å². The van der Waals surface area contributed by atoms with Crippen LogP contribution in [0.2, 0.25) is 0 Å². The SMILES string of the molecule is CCC(O)c1ccc(Sc2n[nH]c(C)n2)cn1. The van der Waals surface area contributed by atoms with Gasteiger partial charge in [-0.25, -0.2) is 4.98 Å². The quantitative estimate of drug-likeness (QED) is 0.869. The van der Waals surface area contributed by atoms with Crippen molar-refractivity contribution in [2.75, 3.05) is 0 Å². The molecule has 0 saturated heterocycles. The Morgan fingerprint density at radius 1 is 1.47 bits per heavy atom. The molecule has 2 heterocycles. The Hall–Kier alpha value is -1.40. The van der Waals surface area contributed by atoms with Crippen LogP contribution in [-0.4, -0.2) is 25.3 Å². The molecule has 1 unspecified atom stereocenters. The maximum absolute atomic E-state index is 9.61. The summed E-state index contributed by atoms with van der Waals surface area (Å²) in [7, 11) is 0. The van der Waals surface area contributed by atoms with E-state index in [9.17, 15) is 5.11 Å². The first-order chi connectivity index (χ1) is 8.19. The van der Waals surface area contributed by atoms with Crippen molar-refractivity contribution in [3.63, 3.8) is 0 Å². The second kappa shape index (κ2) is 5.29. The van der Waals surface area contributed by atoms with Crippen LogP contribution in [0, 0.1) is 6.92 Å². The predicted octanol–water partition coefficient (Wildman–Crippen LogP) is 2.10. The molecule has 0 fully saturated rings. The van der Waals surface area contributed by atoms with E-state index in [1.54, 1.807) is 6.20 Å². The summed E-state index contributed by atoms with van der Waals surface area (Å²) < 4.78 is 0. The zero-order valence-electron chi connectivity index (χ0n) is 9.71. The van der Waals surface area contributed by atoms with Crippen LogP contribution in [0.5, 0.6) is 0 Å². The first-order valence-corrected chi connectivity index (χ1v) is 6.21. The van der Waals surface area contributed by atoms with Crippen LogP contribution in [0.4, 0.5) is 0 Å². The predicted molar refractivity (Wildman–Crippen MR) is 64.7 cm³/mol. The number of aliphatic hydroxyl groups excluding tert-OH is 1. The topological polar surface area (TPSA) is 74.7 Å². The molecule has 0 saturated carbocycles. The van der Waals surface area contributed by atoms with Crippen LogP contribution in [0.3, 0.4) is 0 Å². The molecule has 0 amide bonds. The Morgan fingerprint density at radius 2 is 2.29 bits per heavy atom. The van der Waals surface area contributed by atoms with Crippen molar-refractivity contribution < 1.29 is 5.11 Å². The number of nitrogens with one attached hydrogen (secondary N) is 1. The molecule has 0 aliphatic carbocycles. The van der Waals surface area contributed by atoms with Crippen LogP contribution in [0.1, 0.15) is 31.0 Å². The molecule has 2 aromatic heterocycles. The third-order valence-electron chi connectivity index (χ3n) is 2.27. The standard InChI is InChI=1S/C11H14N4OS/c1-3-10(16)9-5-4-8(6-12-9)17-11-13-7(2)14-15-11/h4-6,10,16H,3H2,1-2H3,(H,13,14,15). The second-order valence-corrected chi connectivity index (χ2v) is 4.69. The molecule has 0 aliphatic rings. The molecular weight excluding hydrogens is 236 g/mol. The average molecular weight is 250 g/mol. The molecular formula is C11H14N4OS. The van der Waals surface area contributed by atoms with E-state index in [0.29, 0.717) is 17.3 Å². The van der Waals surface area contributed by atoms with Crippen LogP contribution < -0.4 is 0 Å². The molecule has 0 aromatic carbocycles. The Kier molecular flexibility index (Phi) is 3.75. The van der Waals surface area contributed by atoms with Crippen LogP contribution in [0.15, 0.2) is 28.4 Å². The van der Waals surface area contributed by atoms with E-state index in [4.69, 9.17) is 0 Å². The molecule has 2 rings (SSSR count). The number of pyridine rings is 1. The highest BCUT2D eigenvalue weighted by molar-refractivity contribution is 7.99. The van der Waals surface area contributed by atoms with Gasteiger partial charge in [-0.1, -0.05) is 6.92 Å². The van der Waals surface area contributed by atoms with Gasteiger partial charge in [0.15, 0.2) is 0 Å². The van der Waals surface area contributed by atoms with Crippen molar-refractivity contribution >= 4 is 11.8 Å². The third kappa shape index (κ3) is 3.04. The summed E-state index contributed by atoms with van der Waals surface area (Å²) in [6, 6.07) is 3.74. The number of rotatable bonds is 4. The number of H-pyrrole nitrogens is 1. The maximum atomic E-state index is 9.61. The lowest BCUT2D eigenvalue weighted by Crippen LogP contribution is -1.97. The van der Waals surface area contributed by atoms with Gasteiger partial charge >= 0.3 is 0 Å². The lowest BCUT2D eigenvalue weighted by atomic mass is 10.2. The molecule has 0 bridgehead atoms. The van der Waals surface area contributed by atoms with Crippen molar-refractivity contribution in [3.05, 3.63) is 29.8 Å². The molecule has 0 radical (unpaired) electrons. The second-order valence-electron chi connectivity index (χ2n) is 3.65. The van der Waals surface area contributed by atoms with Gasteiger partial charge in [0.1, 0.15) is 5.82 Å². The fourth-order valence-electron chi connectivity index (χ4n) is 1.33. The van der Waals surface area contributed by atoms with Gasteiger partial charge in [-0.2, -0.15) is 0 Å². The van der Waals surface area contributed by atoms with Crippen molar-refractivity contribution in [2.45, 2.75) is 36.4 Å². The van der Waals surface area contributed by atoms with Crippen LogP contribution in [0.25, 0.3) is 0 Å². The first-order valence-electron chi connectivity index (χ1n) is 5.40. The number of aryl methyl sites for hydroxylation is 1. The molecule has 17 heavy (non-hydrogen) atoms. The van der Waals surface area contributed by atoms with E-state index in [1.165, 1.54) is 11.8 Å². The summed E-state index contributed by atoms with van der Waals surface area (Å²) in [5, 5.41) is 17.1. The molecule has 6 heteroatoms. The molecule has 0 aliphatic heterocycles. The van der Waals surface area contributed by atoms with E-state index < -0.39 is 6.10 Å². The number of aliphatic hydroxyl groups is 1. The molecule has 0 spiro atoms. The summed E-state index contributed by atoms with van der Waals surface area (Å²) in [5.41, 5.74) is 0.697. The Labute approximate surface area is 104 Å². The zero-order chi connectivity index (χ0) is 12.3. The van der Waals surface area contributed by atoms with E-state index >= 15 is 0 Å². The molecule has 1 atom stereocenters. The van der Waals surface area contributed by atoms with E-state index in [2.05, 4.69) is 20.2 Å². The van der Waals surface area contributed by atoms with Gasteiger partial charge < -0.3 is 5.11 Å². The van der Waals surface area contributed by atoms with Crippen molar-refractivity contribution in [2.24, 2.45) is 0 Å². The van der Waals surface area contributed by atoms with E-state index in [1.807, 2.05) is 26.0 Å². The minimum atomic E-state index is -0.486. The highest BCUT2D eigenvalue weighted by atomic mass is 32.2. The van der Waals surface area contributed by atoms with Gasteiger partial charge in [0, 0.05) is 11.1 Å². The van der Waals surface area contributed by atoms with Gasteiger partial charge in [0.05, 0.1) is 11.8 Å². The Balaban J connectivity index is 2.08. The summed E-state index contributed by atoms with van der Waals surface area (Å²) in [6.07, 6.45) is 1.91. The smallest absolute Gasteiger partial charge is 0.213 e. The minimum absolute atomic E-state index is 0.486. The van der Waals surface area contributed by atoms with Crippen LogP contribution in [-0.2, 0) is 0 Å². The number of aromatic amines is 1. The summed E-state index contributed by atoms with van der Waals surface area (Å²) in [4.78, 5) is 9.37. The summed E-state index contributed by atoms with van der Waals surface area (Å²) >= 11 is 1.44. The van der Waals surface area contributed by atoms with Gasteiger partial charge in [-0.15, -0.1) is 5.10 Å². The lowest BCUT2D eigenvalue weighted by Gasteiger charge is -2.06. The highest BCUT2D eigenvalue weighted by Gasteiger charge is 2.07. The Morgan fingerprint density at radius 3 is 2.82 bits per heavy atom.